The first-order valence-electron chi connectivity index (χ1n) is 6.30. The Kier molecular flexibility index (Phi) is 4.25. The van der Waals surface area contributed by atoms with Crippen molar-refractivity contribution in [2.45, 2.75) is 25.8 Å². The molecule has 18 heavy (non-hydrogen) atoms. The fraction of sp³-hybridized carbons (Fsp3) is 0.500. The van der Waals surface area contributed by atoms with Crippen LogP contribution >= 0.6 is 11.6 Å². The molecule has 1 N–H and O–H groups in total. The van der Waals surface area contributed by atoms with Gasteiger partial charge in [-0.15, -0.1) is 0 Å². The van der Waals surface area contributed by atoms with Gasteiger partial charge < -0.3 is 5.11 Å². The van der Waals surface area contributed by atoms with Crippen LogP contribution in [0.25, 0.3) is 0 Å². The maximum absolute atomic E-state index is 10.9. The lowest BCUT2D eigenvalue weighted by molar-refractivity contribution is -0.143. The standard InChI is InChI=1S/C14H18ClNO2/c1-10(12-3-2-4-13(15)9-12)16-7-5-11(6-8-16)14(17)18/h2-4,9-11H,5-8H2,1H3,(H,17,18). The average molecular weight is 268 g/mol. The van der Waals surface area contributed by atoms with Crippen molar-refractivity contribution in [3.63, 3.8) is 0 Å². The van der Waals surface area contributed by atoms with Crippen LogP contribution in [0.3, 0.4) is 0 Å². The summed E-state index contributed by atoms with van der Waals surface area (Å²) in [6, 6.07) is 8.17. The van der Waals surface area contributed by atoms with Crippen LogP contribution < -0.4 is 0 Å². The number of rotatable bonds is 3. The van der Waals surface area contributed by atoms with Gasteiger partial charge in [-0.2, -0.15) is 0 Å². The van der Waals surface area contributed by atoms with E-state index in [1.165, 1.54) is 5.56 Å². The lowest BCUT2D eigenvalue weighted by Gasteiger charge is -2.35. The molecule has 1 heterocycles. The van der Waals surface area contributed by atoms with E-state index in [4.69, 9.17) is 16.7 Å². The molecule has 0 radical (unpaired) electrons. The summed E-state index contributed by atoms with van der Waals surface area (Å²) in [5, 5.41) is 9.73. The lowest BCUT2D eigenvalue weighted by atomic mass is 9.95. The number of halogens is 1. The Labute approximate surface area is 112 Å². The molecule has 1 atom stereocenters. The normalized spacial score (nSPS) is 19.7. The number of hydrogen-bond acceptors (Lipinski definition) is 2. The van der Waals surface area contributed by atoms with Gasteiger partial charge in [0.25, 0.3) is 0 Å². The minimum absolute atomic E-state index is 0.173. The maximum Gasteiger partial charge on any atom is 0.306 e. The fourth-order valence-corrected chi connectivity index (χ4v) is 2.71. The molecule has 1 aliphatic heterocycles. The van der Waals surface area contributed by atoms with E-state index in [-0.39, 0.29) is 5.92 Å². The molecule has 0 spiro atoms. The Morgan fingerprint density at radius 3 is 2.67 bits per heavy atom. The summed E-state index contributed by atoms with van der Waals surface area (Å²) < 4.78 is 0. The number of carbonyl (C=O) groups is 1. The number of nitrogens with zero attached hydrogens (tertiary/aromatic N) is 1. The molecule has 1 aliphatic rings. The van der Waals surface area contributed by atoms with E-state index in [0.29, 0.717) is 6.04 Å². The molecule has 0 aromatic heterocycles. The summed E-state index contributed by atoms with van der Waals surface area (Å²) in [6.45, 7) is 3.82. The first-order valence-corrected chi connectivity index (χ1v) is 6.68. The van der Waals surface area contributed by atoms with E-state index in [0.717, 1.165) is 31.0 Å². The highest BCUT2D eigenvalue weighted by molar-refractivity contribution is 6.30. The summed E-state index contributed by atoms with van der Waals surface area (Å²) in [7, 11) is 0. The molecule has 2 rings (SSSR count). The molecule has 1 unspecified atom stereocenters. The number of carboxylic acid groups (broad SMARTS) is 1. The van der Waals surface area contributed by atoms with Crippen molar-refractivity contribution in [2.75, 3.05) is 13.1 Å². The van der Waals surface area contributed by atoms with Crippen LogP contribution in [0.1, 0.15) is 31.4 Å². The van der Waals surface area contributed by atoms with E-state index >= 15 is 0 Å². The fourth-order valence-electron chi connectivity index (χ4n) is 2.51. The number of likely N-dealkylation sites (tertiary alicyclic amines) is 1. The summed E-state index contributed by atoms with van der Waals surface area (Å²) in [5.74, 6) is -0.835. The molecule has 1 fully saturated rings. The Morgan fingerprint density at radius 1 is 1.44 bits per heavy atom. The topological polar surface area (TPSA) is 40.5 Å². The van der Waals surface area contributed by atoms with E-state index in [9.17, 15) is 4.79 Å². The quantitative estimate of drug-likeness (QED) is 0.914. The smallest absolute Gasteiger partial charge is 0.306 e. The summed E-state index contributed by atoms with van der Waals surface area (Å²) in [5.41, 5.74) is 1.19. The van der Waals surface area contributed by atoms with Crippen molar-refractivity contribution in [3.05, 3.63) is 34.9 Å². The van der Waals surface area contributed by atoms with Crippen molar-refractivity contribution < 1.29 is 9.90 Å². The van der Waals surface area contributed by atoms with Crippen molar-refractivity contribution in [1.82, 2.24) is 4.90 Å². The zero-order chi connectivity index (χ0) is 13.1. The van der Waals surface area contributed by atoms with Crippen molar-refractivity contribution in [2.24, 2.45) is 5.92 Å². The largest absolute Gasteiger partial charge is 0.481 e. The molecule has 98 valence electrons. The van der Waals surface area contributed by atoms with Gasteiger partial charge in [-0.3, -0.25) is 9.69 Å². The Hall–Kier alpha value is -1.06. The molecule has 4 heteroatoms. The average Bonchev–Trinajstić information content (AvgIpc) is 2.38. The minimum atomic E-state index is -0.662. The van der Waals surface area contributed by atoms with E-state index in [1.54, 1.807) is 0 Å². The number of benzene rings is 1. The van der Waals surface area contributed by atoms with Gasteiger partial charge in [0.1, 0.15) is 0 Å². The Bertz CT molecular complexity index is 428. The Balaban J connectivity index is 1.99. The third-order valence-electron chi connectivity index (χ3n) is 3.76. The molecule has 1 aromatic rings. The van der Waals surface area contributed by atoms with Crippen LogP contribution in [0.5, 0.6) is 0 Å². The van der Waals surface area contributed by atoms with Gasteiger partial charge in [-0.25, -0.2) is 0 Å². The van der Waals surface area contributed by atoms with Gasteiger partial charge in [0.2, 0.25) is 0 Å². The zero-order valence-electron chi connectivity index (χ0n) is 10.5. The second-order valence-corrected chi connectivity index (χ2v) is 5.32. The first-order chi connectivity index (χ1) is 8.58. The molecule has 0 saturated carbocycles. The van der Waals surface area contributed by atoms with Crippen LogP contribution in [-0.2, 0) is 4.79 Å². The van der Waals surface area contributed by atoms with Gasteiger partial charge in [0.15, 0.2) is 0 Å². The van der Waals surface area contributed by atoms with Gasteiger partial charge in [-0.05, 0) is 50.6 Å². The highest BCUT2D eigenvalue weighted by Crippen LogP contribution is 2.27. The molecule has 3 nitrogen and oxygen atoms in total. The Morgan fingerprint density at radius 2 is 2.11 bits per heavy atom. The first kappa shape index (κ1) is 13.4. The van der Waals surface area contributed by atoms with Crippen LogP contribution in [-0.4, -0.2) is 29.1 Å². The zero-order valence-corrected chi connectivity index (χ0v) is 11.2. The molecule has 0 aliphatic carbocycles. The molecular weight excluding hydrogens is 250 g/mol. The predicted molar refractivity (Wildman–Crippen MR) is 71.8 cm³/mol. The van der Waals surface area contributed by atoms with Gasteiger partial charge in [0.05, 0.1) is 5.92 Å². The van der Waals surface area contributed by atoms with Crippen LogP contribution in [0, 0.1) is 5.92 Å². The molecule has 1 saturated heterocycles. The third-order valence-corrected chi connectivity index (χ3v) is 3.99. The van der Waals surface area contributed by atoms with Gasteiger partial charge >= 0.3 is 5.97 Å². The van der Waals surface area contributed by atoms with Gasteiger partial charge in [0, 0.05) is 11.1 Å². The van der Waals surface area contributed by atoms with Crippen LogP contribution in [0.2, 0.25) is 5.02 Å². The van der Waals surface area contributed by atoms with Gasteiger partial charge in [-0.1, -0.05) is 23.7 Å². The van der Waals surface area contributed by atoms with Crippen LogP contribution in [0.15, 0.2) is 24.3 Å². The lowest BCUT2D eigenvalue weighted by Crippen LogP contribution is -2.37. The molecule has 0 amide bonds. The maximum atomic E-state index is 10.9. The molecule has 0 bridgehead atoms. The minimum Gasteiger partial charge on any atom is -0.481 e. The number of hydrogen-bond donors (Lipinski definition) is 1. The van der Waals surface area contributed by atoms with Crippen molar-refractivity contribution in [1.29, 1.82) is 0 Å². The van der Waals surface area contributed by atoms with Crippen molar-refractivity contribution >= 4 is 17.6 Å². The monoisotopic (exact) mass is 267 g/mol. The number of piperidine rings is 1. The van der Waals surface area contributed by atoms with E-state index in [1.807, 2.05) is 18.2 Å². The SMILES string of the molecule is CC(c1cccc(Cl)c1)N1CCC(C(=O)O)CC1. The summed E-state index contributed by atoms with van der Waals surface area (Å²) in [6.07, 6.45) is 1.47. The molecular formula is C14H18ClNO2. The second kappa shape index (κ2) is 5.72. The number of carboxylic acids is 1. The summed E-state index contributed by atoms with van der Waals surface area (Å²) in [4.78, 5) is 13.2. The second-order valence-electron chi connectivity index (χ2n) is 4.88. The predicted octanol–water partition coefficient (Wildman–Crippen LogP) is 3.20. The highest BCUT2D eigenvalue weighted by Gasteiger charge is 2.27. The third kappa shape index (κ3) is 3.03. The molecule has 1 aromatic carbocycles. The van der Waals surface area contributed by atoms with E-state index in [2.05, 4.69) is 17.9 Å². The highest BCUT2D eigenvalue weighted by atomic mass is 35.5. The number of aliphatic carboxylic acids is 1. The van der Waals surface area contributed by atoms with Crippen LogP contribution in [0.4, 0.5) is 0 Å². The van der Waals surface area contributed by atoms with Crippen molar-refractivity contribution in [3.8, 4) is 0 Å². The summed E-state index contributed by atoms with van der Waals surface area (Å²) >= 11 is 6.00. The van der Waals surface area contributed by atoms with E-state index < -0.39 is 5.97 Å².